The molecule has 0 aliphatic carbocycles. The quantitative estimate of drug-likeness (QED) is 0.220. The van der Waals surface area contributed by atoms with Gasteiger partial charge in [0.15, 0.2) is 0 Å². The first-order valence-electron chi connectivity index (χ1n) is 5.20. The molecule has 0 bridgehead atoms. The molecule has 0 amide bonds. The van der Waals surface area contributed by atoms with Crippen LogP contribution < -0.4 is 25.1 Å². The third kappa shape index (κ3) is 18.4. The van der Waals surface area contributed by atoms with Crippen LogP contribution in [-0.4, -0.2) is 74.3 Å². The molecule has 5 aliphatic heterocycles. The van der Waals surface area contributed by atoms with Crippen LogP contribution in [0.1, 0.15) is 0 Å². The van der Waals surface area contributed by atoms with Gasteiger partial charge in [0, 0.05) is 0 Å². The number of rotatable bonds is 0. The fourth-order valence-corrected chi connectivity index (χ4v) is 0.357. The summed E-state index contributed by atoms with van der Waals surface area (Å²) < 4.78 is 0. The average molecular weight is 503 g/mol. The Morgan fingerprint density at radius 1 is 0.333 bits per heavy atom. The maximum absolute atomic E-state index is 9.41. The molecule has 20 nitrogen and oxygen atoms in total. The molecule has 0 spiro atoms. The van der Waals surface area contributed by atoms with Crippen molar-refractivity contribution in [2.75, 3.05) is 0 Å². The van der Waals surface area contributed by atoms with Gasteiger partial charge in [-0.15, -0.1) is 0 Å². The Hall–Kier alpha value is 1.89. The first-order chi connectivity index (χ1) is 12.0. The van der Waals surface area contributed by atoms with E-state index in [9.17, 15) is 25.1 Å². The normalized spacial score (nSPS) is 20.6. The molecule has 0 aromatic heterocycles. The summed E-state index contributed by atoms with van der Waals surface area (Å²) in [6, 6.07) is 0. The third-order valence-corrected chi connectivity index (χ3v) is 1.18. The van der Waals surface area contributed by atoms with E-state index in [1.54, 1.807) is 0 Å². The zero-order valence-electron chi connectivity index (χ0n) is 12.3. The molecule has 0 radical (unpaired) electrons. The Morgan fingerprint density at radius 3 is 0.407 bits per heavy atom. The van der Waals surface area contributed by atoms with E-state index in [1.165, 1.54) is 0 Å². The molecule has 5 aliphatic rings. The predicted molar refractivity (Wildman–Crippen MR) is 50.8 cm³/mol. The zero-order chi connectivity index (χ0) is 18.5. The second-order valence-corrected chi connectivity index (χ2v) is 2.75. The van der Waals surface area contributed by atoms with E-state index in [2.05, 4.69) is 73.2 Å². The molecule has 0 aromatic carbocycles. The minimum atomic E-state index is -1.41. The van der Waals surface area contributed by atoms with E-state index < -0.39 is 36.6 Å². The molecule has 0 aromatic rings. The molecule has 5 saturated heterocycles. The monoisotopic (exact) mass is 504 g/mol. The van der Waals surface area contributed by atoms with E-state index >= 15 is 0 Å². The van der Waals surface area contributed by atoms with Crippen LogP contribution in [0.15, 0.2) is 0 Å². The second-order valence-electron chi connectivity index (χ2n) is 2.75. The van der Waals surface area contributed by atoms with Gasteiger partial charge in [0.1, 0.15) is 0 Å². The van der Waals surface area contributed by atoms with Crippen molar-refractivity contribution in [1.29, 1.82) is 0 Å². The minimum absolute atomic E-state index is 0. The summed E-state index contributed by atoms with van der Waals surface area (Å²) in [5, 5.41) is 64.7. The second kappa shape index (κ2) is 19.8. The number of hydrogen-bond donors (Lipinski definition) is 0. The summed E-state index contributed by atoms with van der Waals surface area (Å²) in [6.07, 6.45) is 0. The zero-order valence-corrected chi connectivity index (χ0v) is 17.4. The van der Waals surface area contributed by atoms with Gasteiger partial charge in [-0.2, -0.15) is 0 Å². The fourth-order valence-electron chi connectivity index (χ4n) is 0.357. The van der Waals surface area contributed by atoms with Gasteiger partial charge in [0.2, 0.25) is 0 Å². The Balaban J connectivity index is 0. The van der Waals surface area contributed by atoms with Crippen LogP contribution in [0.5, 0.6) is 0 Å². The average Bonchev–Trinajstić information content (AvgIpc) is 2.47. The van der Waals surface area contributed by atoms with Gasteiger partial charge in [-0.05, 0) is 0 Å². The predicted octanol–water partition coefficient (Wildman–Crippen LogP) is -9.26. The molecule has 0 saturated carbocycles. The van der Waals surface area contributed by atoms with E-state index in [0.29, 0.717) is 0 Å². The van der Waals surface area contributed by atoms with Gasteiger partial charge in [0.05, 0.1) is 0 Å². The Morgan fingerprint density at radius 2 is 0.407 bits per heavy atom. The summed E-state index contributed by atoms with van der Waals surface area (Å²) in [4.78, 5) is 36.5. The van der Waals surface area contributed by atoms with Crippen molar-refractivity contribution in [2.24, 2.45) is 0 Å². The van der Waals surface area contributed by atoms with Crippen molar-refractivity contribution in [1.82, 2.24) is 0 Å². The van der Waals surface area contributed by atoms with Crippen LogP contribution in [0, 0.1) is 0 Å². The van der Waals surface area contributed by atoms with Gasteiger partial charge in [-0.25, -0.2) is 0 Å². The van der Waals surface area contributed by atoms with Crippen molar-refractivity contribution < 1.29 is 131 Å². The van der Waals surface area contributed by atoms with Crippen LogP contribution in [-0.2, 0) is 106 Å². The van der Waals surface area contributed by atoms with Crippen molar-refractivity contribution in [3.63, 3.8) is 0 Å². The van der Waals surface area contributed by atoms with Crippen molar-refractivity contribution in [3.05, 3.63) is 0 Å². The van der Waals surface area contributed by atoms with E-state index in [0.717, 1.165) is 0 Å². The molecule has 5 fully saturated rings. The van der Waals surface area contributed by atoms with Crippen LogP contribution in [0.3, 0.4) is 0 Å². The van der Waals surface area contributed by atoms with E-state index in [-0.39, 0.29) is 70.4 Å². The van der Waals surface area contributed by atoms with Crippen LogP contribution in [0.4, 0.5) is 0 Å². The largest absolute Gasteiger partial charge is 3.00 e. The first kappa shape index (κ1) is 31.1. The fraction of sp³-hybridized carbons (Fsp3) is 0. The molecular formula is B5CaO20Y. The minimum Gasteiger partial charge on any atom is -0.827 e. The van der Waals surface area contributed by atoms with Crippen LogP contribution in [0.25, 0.3) is 0 Å². The number of hydrogen-bond acceptors (Lipinski definition) is 20. The van der Waals surface area contributed by atoms with Gasteiger partial charge < -0.3 is 25.1 Å². The van der Waals surface area contributed by atoms with Gasteiger partial charge in [-0.3, -0.25) is 48.1 Å². The molecule has 0 unspecified atom stereocenters. The molecule has 27 heavy (non-hydrogen) atoms. The maximum Gasteiger partial charge on any atom is 3.00 e. The molecule has 140 valence electrons. The first-order valence-corrected chi connectivity index (χ1v) is 5.20. The summed E-state index contributed by atoms with van der Waals surface area (Å²) >= 11 is 0. The van der Waals surface area contributed by atoms with E-state index in [4.69, 9.17) is 0 Å². The van der Waals surface area contributed by atoms with Gasteiger partial charge >= 0.3 is 107 Å². The van der Waals surface area contributed by atoms with Crippen molar-refractivity contribution in [3.8, 4) is 0 Å². The molecule has 0 atom stereocenters. The van der Waals surface area contributed by atoms with E-state index in [1.807, 2.05) is 0 Å². The smallest absolute Gasteiger partial charge is 0.827 e. The Bertz CT molecular complexity index is 235. The molecule has 5 rings (SSSR count). The SMILES string of the molecule is [Ca+2].[O-]B1OOO1.[O-]B1OOO1.[O-]B1OOO1.[O-]B1OOO1.[O-]B1OOO1.[Y+3]. The van der Waals surface area contributed by atoms with Crippen LogP contribution >= 0.6 is 0 Å². The van der Waals surface area contributed by atoms with Crippen molar-refractivity contribution >= 4 is 74.3 Å². The molecular weight excluding hydrogens is 503 g/mol. The standard InChI is InChI=1S/5BO4.Ca.Y/c5*2-1-3-5-4-1;;/q5*-1;+2;+3. The summed E-state index contributed by atoms with van der Waals surface area (Å²) in [6.45, 7) is 0. The Kier molecular flexibility index (Phi) is 22.8. The third-order valence-electron chi connectivity index (χ3n) is 1.18. The summed E-state index contributed by atoms with van der Waals surface area (Å²) in [7, 11) is -7.04. The van der Waals surface area contributed by atoms with Gasteiger partial charge in [0.25, 0.3) is 0 Å². The summed E-state index contributed by atoms with van der Waals surface area (Å²) in [5.41, 5.74) is 0. The van der Waals surface area contributed by atoms with Crippen LogP contribution in [0.2, 0.25) is 0 Å². The molecule has 0 N–H and O–H groups in total. The Labute approximate surface area is 203 Å². The maximum atomic E-state index is 9.41. The van der Waals surface area contributed by atoms with Gasteiger partial charge in [-0.1, -0.05) is 25.2 Å². The molecule has 5 heterocycles. The van der Waals surface area contributed by atoms with Crippen molar-refractivity contribution in [2.45, 2.75) is 0 Å². The summed E-state index contributed by atoms with van der Waals surface area (Å²) in [5.74, 6) is 0. The molecule has 27 heteroatoms. The topological polar surface area (TPSA) is 254 Å².